The topological polar surface area (TPSA) is 52.1 Å². The van der Waals surface area contributed by atoms with Crippen LogP contribution in [0, 0.1) is 0 Å². The third kappa shape index (κ3) is 1.88. The highest BCUT2D eigenvalue weighted by Crippen LogP contribution is 2.25. The fourth-order valence-electron chi connectivity index (χ4n) is 1.33. The van der Waals surface area contributed by atoms with Crippen molar-refractivity contribution in [1.82, 2.24) is 9.97 Å². The quantitative estimate of drug-likeness (QED) is 0.600. The Morgan fingerprint density at radius 2 is 2.25 bits per heavy atom. The van der Waals surface area contributed by atoms with Gasteiger partial charge in [0.05, 0.1) is 12.7 Å². The highest BCUT2D eigenvalue weighted by molar-refractivity contribution is 9.10. The van der Waals surface area contributed by atoms with E-state index in [1.165, 1.54) is 13.2 Å². The SMILES string of the molecule is COC(=O)c1cc(Cl)nc2c(Br)ccnc12. The van der Waals surface area contributed by atoms with Crippen molar-refractivity contribution in [3.63, 3.8) is 0 Å². The zero-order valence-electron chi connectivity index (χ0n) is 8.20. The van der Waals surface area contributed by atoms with Crippen molar-refractivity contribution in [1.29, 1.82) is 0 Å². The molecule has 2 heterocycles. The molecule has 0 amide bonds. The van der Waals surface area contributed by atoms with Crippen LogP contribution in [0.3, 0.4) is 0 Å². The summed E-state index contributed by atoms with van der Waals surface area (Å²) in [6.45, 7) is 0. The van der Waals surface area contributed by atoms with E-state index in [9.17, 15) is 4.79 Å². The van der Waals surface area contributed by atoms with Crippen LogP contribution < -0.4 is 0 Å². The average Bonchev–Trinajstić information content (AvgIpc) is 2.28. The molecule has 2 aromatic heterocycles. The molecule has 0 aliphatic carbocycles. The van der Waals surface area contributed by atoms with Crippen LogP contribution in [0.4, 0.5) is 0 Å². The van der Waals surface area contributed by atoms with Crippen molar-refractivity contribution in [3.05, 3.63) is 33.5 Å². The molecule has 0 bridgehead atoms. The van der Waals surface area contributed by atoms with Crippen LogP contribution >= 0.6 is 27.5 Å². The van der Waals surface area contributed by atoms with E-state index in [2.05, 4.69) is 30.6 Å². The van der Waals surface area contributed by atoms with Crippen LogP contribution in [0.2, 0.25) is 5.15 Å². The van der Waals surface area contributed by atoms with Gasteiger partial charge in [-0.1, -0.05) is 11.6 Å². The van der Waals surface area contributed by atoms with Crippen molar-refractivity contribution in [2.24, 2.45) is 0 Å². The number of methoxy groups -OCH3 is 1. The number of carbonyl (C=O) groups excluding carboxylic acids is 1. The lowest BCUT2D eigenvalue weighted by Crippen LogP contribution is -2.04. The van der Waals surface area contributed by atoms with Crippen molar-refractivity contribution in [2.75, 3.05) is 7.11 Å². The monoisotopic (exact) mass is 300 g/mol. The molecule has 82 valence electrons. The van der Waals surface area contributed by atoms with E-state index in [1.807, 2.05) is 0 Å². The highest BCUT2D eigenvalue weighted by atomic mass is 79.9. The molecule has 0 fully saturated rings. The number of aromatic nitrogens is 2. The summed E-state index contributed by atoms with van der Waals surface area (Å²) in [6.07, 6.45) is 1.58. The summed E-state index contributed by atoms with van der Waals surface area (Å²) in [4.78, 5) is 19.7. The summed E-state index contributed by atoms with van der Waals surface area (Å²) < 4.78 is 5.39. The standard InChI is InChI=1S/C10H6BrClN2O2/c1-16-10(15)5-4-7(12)14-9-6(11)2-3-13-8(5)9/h2-4H,1H3. The number of nitrogens with zero attached hydrogens (tertiary/aromatic N) is 2. The van der Waals surface area contributed by atoms with Gasteiger partial charge in [-0.2, -0.15) is 0 Å². The second kappa shape index (κ2) is 4.35. The number of halogens is 2. The predicted molar refractivity (Wildman–Crippen MR) is 63.6 cm³/mol. The molecule has 0 atom stereocenters. The number of pyridine rings is 2. The molecule has 0 unspecified atom stereocenters. The number of esters is 1. The molecule has 0 spiro atoms. The lowest BCUT2D eigenvalue weighted by molar-refractivity contribution is 0.0602. The Morgan fingerprint density at radius 3 is 2.94 bits per heavy atom. The maximum absolute atomic E-state index is 11.5. The molecule has 0 aliphatic heterocycles. The van der Waals surface area contributed by atoms with Gasteiger partial charge >= 0.3 is 5.97 Å². The molecule has 6 heteroatoms. The van der Waals surface area contributed by atoms with Crippen molar-refractivity contribution in [3.8, 4) is 0 Å². The molecule has 16 heavy (non-hydrogen) atoms. The van der Waals surface area contributed by atoms with E-state index in [0.717, 1.165) is 4.47 Å². The summed E-state index contributed by atoms with van der Waals surface area (Å²) in [7, 11) is 1.31. The number of fused-ring (bicyclic) bond motifs is 1. The third-order valence-electron chi connectivity index (χ3n) is 2.02. The Kier molecular flexibility index (Phi) is 3.07. The molecule has 0 radical (unpaired) electrons. The Balaban J connectivity index is 2.83. The van der Waals surface area contributed by atoms with Gasteiger partial charge in [-0.05, 0) is 28.1 Å². The number of hydrogen-bond donors (Lipinski definition) is 0. The van der Waals surface area contributed by atoms with E-state index < -0.39 is 5.97 Å². The Morgan fingerprint density at radius 1 is 1.50 bits per heavy atom. The van der Waals surface area contributed by atoms with Gasteiger partial charge in [0.1, 0.15) is 16.2 Å². The summed E-state index contributed by atoms with van der Waals surface area (Å²) >= 11 is 9.15. The third-order valence-corrected chi connectivity index (χ3v) is 2.85. The zero-order valence-corrected chi connectivity index (χ0v) is 10.5. The van der Waals surface area contributed by atoms with Crippen LogP contribution in [-0.4, -0.2) is 23.0 Å². The van der Waals surface area contributed by atoms with E-state index in [4.69, 9.17) is 11.6 Å². The van der Waals surface area contributed by atoms with Gasteiger partial charge in [0.25, 0.3) is 0 Å². The highest BCUT2D eigenvalue weighted by Gasteiger charge is 2.15. The van der Waals surface area contributed by atoms with Crippen LogP contribution in [0.5, 0.6) is 0 Å². The van der Waals surface area contributed by atoms with Crippen molar-refractivity contribution < 1.29 is 9.53 Å². The molecule has 0 saturated heterocycles. The number of rotatable bonds is 1. The minimum atomic E-state index is -0.486. The maximum atomic E-state index is 11.5. The first-order chi connectivity index (χ1) is 7.63. The maximum Gasteiger partial charge on any atom is 0.340 e. The minimum Gasteiger partial charge on any atom is -0.465 e. The van der Waals surface area contributed by atoms with Gasteiger partial charge in [0.15, 0.2) is 0 Å². The summed E-state index contributed by atoms with van der Waals surface area (Å²) in [5.74, 6) is -0.486. The molecule has 4 nitrogen and oxygen atoms in total. The molecule has 0 aromatic carbocycles. The van der Waals surface area contributed by atoms with E-state index in [0.29, 0.717) is 16.6 Å². The molecule has 2 rings (SSSR count). The normalized spacial score (nSPS) is 10.4. The second-order valence-electron chi connectivity index (χ2n) is 2.97. The van der Waals surface area contributed by atoms with Gasteiger partial charge in [-0.25, -0.2) is 9.78 Å². The molecule has 2 aromatic rings. The fourth-order valence-corrected chi connectivity index (χ4v) is 1.91. The van der Waals surface area contributed by atoms with Crippen molar-refractivity contribution >= 4 is 44.5 Å². The summed E-state index contributed by atoms with van der Waals surface area (Å²) in [5, 5.41) is 0.224. The number of hydrogen-bond acceptors (Lipinski definition) is 4. The number of ether oxygens (including phenoxy) is 1. The summed E-state index contributed by atoms with van der Waals surface area (Å²) in [5.41, 5.74) is 1.31. The van der Waals surface area contributed by atoms with Crippen LogP contribution in [-0.2, 0) is 4.74 Å². The second-order valence-corrected chi connectivity index (χ2v) is 4.22. The molecule has 0 saturated carbocycles. The van der Waals surface area contributed by atoms with Gasteiger partial charge in [-0.15, -0.1) is 0 Å². The first-order valence-electron chi connectivity index (χ1n) is 4.32. The first kappa shape index (κ1) is 11.3. The Bertz CT molecular complexity index is 574. The van der Waals surface area contributed by atoms with E-state index >= 15 is 0 Å². The Hall–Kier alpha value is -1.20. The lowest BCUT2D eigenvalue weighted by atomic mass is 10.2. The van der Waals surface area contributed by atoms with Gasteiger partial charge in [-0.3, -0.25) is 4.98 Å². The van der Waals surface area contributed by atoms with E-state index in [1.54, 1.807) is 12.3 Å². The molecule has 0 aliphatic rings. The summed E-state index contributed by atoms with van der Waals surface area (Å²) in [6, 6.07) is 3.17. The smallest absolute Gasteiger partial charge is 0.340 e. The molecular formula is C10H6BrClN2O2. The van der Waals surface area contributed by atoms with Crippen molar-refractivity contribution in [2.45, 2.75) is 0 Å². The van der Waals surface area contributed by atoms with Gasteiger partial charge in [0, 0.05) is 10.7 Å². The van der Waals surface area contributed by atoms with Gasteiger partial charge < -0.3 is 4.74 Å². The van der Waals surface area contributed by atoms with Gasteiger partial charge in [0.2, 0.25) is 0 Å². The predicted octanol–water partition coefficient (Wildman–Crippen LogP) is 2.83. The van der Waals surface area contributed by atoms with Crippen LogP contribution in [0.15, 0.2) is 22.8 Å². The fraction of sp³-hybridized carbons (Fsp3) is 0.100. The average molecular weight is 302 g/mol. The minimum absolute atomic E-state index is 0.224. The Labute approximate surface area is 105 Å². The molecular weight excluding hydrogens is 295 g/mol. The number of carbonyl (C=O) groups is 1. The lowest BCUT2D eigenvalue weighted by Gasteiger charge is -2.05. The van der Waals surface area contributed by atoms with Crippen LogP contribution in [0.1, 0.15) is 10.4 Å². The zero-order chi connectivity index (χ0) is 11.7. The van der Waals surface area contributed by atoms with Crippen LogP contribution in [0.25, 0.3) is 11.0 Å². The largest absolute Gasteiger partial charge is 0.465 e. The first-order valence-corrected chi connectivity index (χ1v) is 5.49. The van der Waals surface area contributed by atoms with E-state index in [-0.39, 0.29) is 5.15 Å². The molecule has 0 N–H and O–H groups in total.